The number of benzene rings is 1. The molecule has 8 nitrogen and oxygen atoms in total. The van der Waals surface area contributed by atoms with Gasteiger partial charge in [0.2, 0.25) is 15.9 Å². The Labute approximate surface area is 123 Å². The Morgan fingerprint density at radius 2 is 2.10 bits per heavy atom. The Balaban J connectivity index is 3.05. The summed E-state index contributed by atoms with van der Waals surface area (Å²) in [4.78, 5) is 10.9. The minimum Gasteiger partial charge on any atom is -0.398 e. The first kappa shape index (κ1) is 17.4. The summed E-state index contributed by atoms with van der Waals surface area (Å²) in [6, 6.07) is 3.70. The first-order chi connectivity index (χ1) is 9.70. The van der Waals surface area contributed by atoms with Gasteiger partial charge >= 0.3 is 0 Å². The van der Waals surface area contributed by atoms with Gasteiger partial charge in [0.1, 0.15) is 4.90 Å². The van der Waals surface area contributed by atoms with Crippen LogP contribution in [0, 0.1) is 0 Å². The molecule has 1 rings (SSSR count). The van der Waals surface area contributed by atoms with E-state index in [-0.39, 0.29) is 29.3 Å². The van der Waals surface area contributed by atoms with Crippen LogP contribution in [0.25, 0.3) is 0 Å². The molecule has 1 atom stereocenters. The normalized spacial score (nSPS) is 13.3. The first-order valence-electron chi connectivity index (χ1n) is 6.02. The van der Waals surface area contributed by atoms with E-state index in [9.17, 15) is 18.3 Å². The second kappa shape index (κ2) is 6.85. The van der Waals surface area contributed by atoms with Gasteiger partial charge in [-0.15, -0.1) is 0 Å². The van der Waals surface area contributed by atoms with Crippen LogP contribution in [0.3, 0.4) is 0 Å². The number of likely N-dealkylation sites (N-methyl/N-ethyl adjacent to an activating group) is 1. The topological polar surface area (TPSA) is 136 Å². The van der Waals surface area contributed by atoms with Gasteiger partial charge in [0.15, 0.2) is 0 Å². The second-order valence-corrected chi connectivity index (χ2v) is 6.52. The maximum atomic E-state index is 12.4. The number of nitrogens with two attached hydrogens (primary N) is 2. The van der Waals surface area contributed by atoms with Crippen molar-refractivity contribution in [3.8, 4) is 0 Å². The molecule has 0 fully saturated rings. The van der Waals surface area contributed by atoms with E-state index < -0.39 is 22.0 Å². The highest BCUT2D eigenvalue weighted by Gasteiger charge is 2.25. The number of carbonyl (C=O) groups is 1. The van der Waals surface area contributed by atoms with Gasteiger partial charge in [-0.2, -0.15) is 4.31 Å². The number of sulfonamides is 1. The number of amides is 1. The fourth-order valence-electron chi connectivity index (χ4n) is 1.74. The molecule has 118 valence electrons. The Morgan fingerprint density at radius 3 is 2.57 bits per heavy atom. The molecule has 0 aliphatic rings. The standard InChI is InChI=1S/C12H19N3O5S/c1-15(6-9(16)7-20-2)21(18,19)11-4-3-8(12(14)17)5-10(11)13/h3-5,9,16H,6-7,13H2,1-2H3,(H2,14,17). The van der Waals surface area contributed by atoms with Crippen molar-refractivity contribution in [2.24, 2.45) is 5.73 Å². The van der Waals surface area contributed by atoms with Gasteiger partial charge in [-0.1, -0.05) is 0 Å². The lowest BCUT2D eigenvalue weighted by Gasteiger charge is -2.21. The van der Waals surface area contributed by atoms with Crippen LogP contribution < -0.4 is 11.5 Å². The summed E-state index contributed by atoms with van der Waals surface area (Å²) in [5.41, 5.74) is 10.8. The second-order valence-electron chi connectivity index (χ2n) is 4.51. The predicted octanol–water partition coefficient (Wildman–Crippen LogP) is -1.00. The lowest BCUT2D eigenvalue weighted by atomic mass is 10.2. The molecule has 0 radical (unpaired) electrons. The van der Waals surface area contributed by atoms with Gasteiger partial charge in [-0.05, 0) is 18.2 Å². The van der Waals surface area contributed by atoms with Crippen LogP contribution in [0.15, 0.2) is 23.1 Å². The van der Waals surface area contributed by atoms with Crippen LogP contribution in [-0.2, 0) is 14.8 Å². The minimum absolute atomic E-state index is 0.00988. The van der Waals surface area contributed by atoms with Crippen molar-refractivity contribution in [1.82, 2.24) is 4.31 Å². The number of aliphatic hydroxyl groups excluding tert-OH is 1. The molecule has 0 aliphatic heterocycles. The average Bonchev–Trinajstić information content (AvgIpc) is 2.38. The molecule has 0 bridgehead atoms. The van der Waals surface area contributed by atoms with Crippen LogP contribution in [0.5, 0.6) is 0 Å². The summed E-state index contributed by atoms with van der Waals surface area (Å²) >= 11 is 0. The Morgan fingerprint density at radius 1 is 1.48 bits per heavy atom. The number of aliphatic hydroxyl groups is 1. The zero-order valence-corrected chi connectivity index (χ0v) is 12.6. The fraction of sp³-hybridized carbons (Fsp3) is 0.417. The Bertz CT molecular complexity index is 617. The fourth-order valence-corrected chi connectivity index (χ4v) is 3.05. The van der Waals surface area contributed by atoms with Crippen LogP contribution in [-0.4, -0.2) is 57.1 Å². The molecule has 9 heteroatoms. The van der Waals surface area contributed by atoms with Crippen molar-refractivity contribution in [2.45, 2.75) is 11.0 Å². The summed E-state index contributed by atoms with van der Waals surface area (Å²) in [6.45, 7) is -0.136. The first-order valence-corrected chi connectivity index (χ1v) is 7.46. The SMILES string of the molecule is COCC(O)CN(C)S(=O)(=O)c1ccc(C(N)=O)cc1N. The van der Waals surface area contributed by atoms with E-state index in [0.717, 1.165) is 4.31 Å². The highest BCUT2D eigenvalue weighted by atomic mass is 32.2. The summed E-state index contributed by atoms with van der Waals surface area (Å²) in [7, 11) is -1.17. The smallest absolute Gasteiger partial charge is 0.248 e. The van der Waals surface area contributed by atoms with Gasteiger partial charge in [0.25, 0.3) is 0 Å². The third-order valence-corrected chi connectivity index (χ3v) is 4.71. The number of primary amides is 1. The number of ether oxygens (including phenoxy) is 1. The summed E-state index contributed by atoms with van der Waals surface area (Å²) < 4.78 is 30.4. The quantitative estimate of drug-likeness (QED) is 0.552. The van der Waals surface area contributed by atoms with Gasteiger partial charge in [-0.3, -0.25) is 4.79 Å². The molecule has 0 aliphatic carbocycles. The predicted molar refractivity (Wildman–Crippen MR) is 77.1 cm³/mol. The number of hydrogen-bond acceptors (Lipinski definition) is 6. The average molecular weight is 317 g/mol. The molecule has 0 heterocycles. The van der Waals surface area contributed by atoms with Crippen LogP contribution in [0.4, 0.5) is 5.69 Å². The van der Waals surface area contributed by atoms with E-state index in [1.165, 1.54) is 32.4 Å². The maximum absolute atomic E-state index is 12.4. The Hall–Kier alpha value is -1.68. The van der Waals surface area contributed by atoms with Gasteiger partial charge < -0.3 is 21.3 Å². The van der Waals surface area contributed by atoms with Gasteiger partial charge in [-0.25, -0.2) is 8.42 Å². The number of nitrogen functional groups attached to an aromatic ring is 1. The van der Waals surface area contributed by atoms with Crippen LogP contribution in [0.2, 0.25) is 0 Å². The number of anilines is 1. The molecular weight excluding hydrogens is 298 g/mol. The molecule has 21 heavy (non-hydrogen) atoms. The lowest BCUT2D eigenvalue weighted by Crippen LogP contribution is -2.36. The monoisotopic (exact) mass is 317 g/mol. The molecule has 1 unspecified atom stereocenters. The van der Waals surface area contributed by atoms with Crippen molar-refractivity contribution >= 4 is 21.6 Å². The van der Waals surface area contributed by atoms with E-state index in [1.807, 2.05) is 0 Å². The molecule has 0 aromatic heterocycles. The zero-order valence-electron chi connectivity index (χ0n) is 11.8. The number of carbonyl (C=O) groups excluding carboxylic acids is 1. The molecule has 0 saturated heterocycles. The van der Waals surface area contributed by atoms with Crippen molar-refractivity contribution in [2.75, 3.05) is 33.0 Å². The van der Waals surface area contributed by atoms with E-state index in [1.54, 1.807) is 0 Å². The van der Waals surface area contributed by atoms with Crippen molar-refractivity contribution in [3.63, 3.8) is 0 Å². The molecule has 0 saturated carbocycles. The lowest BCUT2D eigenvalue weighted by molar-refractivity contribution is 0.0554. The van der Waals surface area contributed by atoms with E-state index in [2.05, 4.69) is 0 Å². The number of nitrogens with zero attached hydrogens (tertiary/aromatic N) is 1. The highest BCUT2D eigenvalue weighted by Crippen LogP contribution is 2.22. The molecule has 1 aromatic carbocycles. The molecule has 5 N–H and O–H groups in total. The largest absolute Gasteiger partial charge is 0.398 e. The molecule has 1 amide bonds. The summed E-state index contributed by atoms with van der Waals surface area (Å²) in [6.07, 6.45) is -0.958. The zero-order chi connectivity index (χ0) is 16.2. The van der Waals surface area contributed by atoms with Gasteiger partial charge in [0, 0.05) is 26.3 Å². The summed E-state index contributed by atoms with van der Waals surface area (Å²) in [5.74, 6) is -0.700. The van der Waals surface area contributed by atoms with Gasteiger partial charge in [0.05, 0.1) is 18.4 Å². The highest BCUT2D eigenvalue weighted by molar-refractivity contribution is 7.89. The number of methoxy groups -OCH3 is 1. The maximum Gasteiger partial charge on any atom is 0.248 e. The third kappa shape index (κ3) is 4.14. The Kier molecular flexibility index (Phi) is 5.67. The van der Waals surface area contributed by atoms with Crippen LogP contribution >= 0.6 is 0 Å². The van der Waals surface area contributed by atoms with Crippen LogP contribution in [0.1, 0.15) is 10.4 Å². The van der Waals surface area contributed by atoms with E-state index in [4.69, 9.17) is 16.2 Å². The minimum atomic E-state index is -3.88. The molecular formula is C12H19N3O5S. The summed E-state index contributed by atoms with van der Waals surface area (Å²) in [5, 5.41) is 9.59. The van der Waals surface area contributed by atoms with Crippen molar-refractivity contribution in [3.05, 3.63) is 23.8 Å². The third-order valence-electron chi connectivity index (χ3n) is 2.81. The van der Waals surface area contributed by atoms with Crippen molar-refractivity contribution in [1.29, 1.82) is 0 Å². The molecule has 0 spiro atoms. The molecule has 1 aromatic rings. The van der Waals surface area contributed by atoms with Crippen molar-refractivity contribution < 1.29 is 23.1 Å². The number of hydrogen-bond donors (Lipinski definition) is 3. The van der Waals surface area contributed by atoms with E-state index >= 15 is 0 Å². The van der Waals surface area contributed by atoms with E-state index in [0.29, 0.717) is 0 Å². The number of rotatable bonds is 7.